The van der Waals surface area contributed by atoms with Gasteiger partial charge < -0.3 is 5.32 Å². The fraction of sp³-hybridized carbons (Fsp3) is 0.769. The van der Waals surface area contributed by atoms with Crippen LogP contribution in [0.3, 0.4) is 0 Å². The highest BCUT2D eigenvalue weighted by molar-refractivity contribution is 5.46. The van der Waals surface area contributed by atoms with Crippen LogP contribution in [0.5, 0.6) is 0 Å². The lowest BCUT2D eigenvalue weighted by Crippen LogP contribution is -2.15. The minimum Gasteiger partial charge on any atom is -0.380 e. The summed E-state index contributed by atoms with van der Waals surface area (Å²) in [6, 6.07) is 0.683. The molecule has 1 heterocycles. The molecule has 1 aliphatic rings. The van der Waals surface area contributed by atoms with Crippen LogP contribution < -0.4 is 5.32 Å². The second kappa shape index (κ2) is 5.37. The second-order valence-electron chi connectivity index (χ2n) is 4.85. The van der Waals surface area contributed by atoms with E-state index in [-0.39, 0.29) is 0 Å². The maximum Gasteiger partial charge on any atom is 0.0758 e. The highest BCUT2D eigenvalue weighted by atomic mass is 15.3. The predicted molar refractivity (Wildman–Crippen MR) is 67.8 cm³/mol. The number of aromatic nitrogens is 2. The molecule has 0 bridgehead atoms. The topological polar surface area (TPSA) is 29.9 Å². The smallest absolute Gasteiger partial charge is 0.0758 e. The zero-order valence-corrected chi connectivity index (χ0v) is 10.5. The lowest BCUT2D eigenvalue weighted by atomic mass is 10.2. The van der Waals surface area contributed by atoms with Gasteiger partial charge >= 0.3 is 0 Å². The summed E-state index contributed by atoms with van der Waals surface area (Å²) in [7, 11) is 0. The molecule has 0 aliphatic heterocycles. The molecule has 90 valence electrons. The van der Waals surface area contributed by atoms with Gasteiger partial charge in [-0.1, -0.05) is 26.2 Å². The SMILES string of the molecule is CCCCn1ncc(NC2CCCC2)c1C. The Balaban J connectivity index is 1.95. The van der Waals surface area contributed by atoms with E-state index >= 15 is 0 Å². The van der Waals surface area contributed by atoms with Crippen molar-refractivity contribution in [2.75, 3.05) is 5.32 Å². The first kappa shape index (κ1) is 11.5. The number of nitrogens with zero attached hydrogens (tertiary/aromatic N) is 2. The average molecular weight is 221 g/mol. The fourth-order valence-corrected chi connectivity index (χ4v) is 2.41. The zero-order valence-electron chi connectivity index (χ0n) is 10.5. The van der Waals surface area contributed by atoms with Crippen molar-refractivity contribution in [3.05, 3.63) is 11.9 Å². The number of hydrogen-bond donors (Lipinski definition) is 1. The first-order valence-corrected chi connectivity index (χ1v) is 6.60. The third-order valence-corrected chi connectivity index (χ3v) is 3.54. The minimum absolute atomic E-state index is 0.683. The summed E-state index contributed by atoms with van der Waals surface area (Å²) in [5.74, 6) is 0. The largest absolute Gasteiger partial charge is 0.380 e. The van der Waals surface area contributed by atoms with Crippen molar-refractivity contribution in [1.82, 2.24) is 9.78 Å². The van der Waals surface area contributed by atoms with Gasteiger partial charge in [0.05, 0.1) is 17.6 Å². The molecule has 3 heteroatoms. The van der Waals surface area contributed by atoms with Crippen molar-refractivity contribution in [2.24, 2.45) is 0 Å². The molecule has 0 aromatic carbocycles. The molecule has 2 rings (SSSR count). The highest BCUT2D eigenvalue weighted by Gasteiger charge is 2.16. The van der Waals surface area contributed by atoms with Crippen LogP contribution in [-0.2, 0) is 6.54 Å². The molecular weight excluding hydrogens is 198 g/mol. The highest BCUT2D eigenvalue weighted by Crippen LogP contribution is 2.24. The molecule has 0 unspecified atom stereocenters. The van der Waals surface area contributed by atoms with Gasteiger partial charge in [0.25, 0.3) is 0 Å². The quantitative estimate of drug-likeness (QED) is 0.826. The number of rotatable bonds is 5. The van der Waals surface area contributed by atoms with Gasteiger partial charge in [-0.05, 0) is 26.2 Å². The van der Waals surface area contributed by atoms with Crippen LogP contribution >= 0.6 is 0 Å². The second-order valence-corrected chi connectivity index (χ2v) is 4.85. The third kappa shape index (κ3) is 2.57. The molecule has 1 N–H and O–H groups in total. The van der Waals surface area contributed by atoms with Gasteiger partial charge in [-0.3, -0.25) is 4.68 Å². The Labute approximate surface area is 98.2 Å². The van der Waals surface area contributed by atoms with Crippen LogP contribution in [0.25, 0.3) is 0 Å². The number of unbranched alkanes of at least 4 members (excludes halogenated alkanes) is 1. The van der Waals surface area contributed by atoms with E-state index in [1.54, 1.807) is 0 Å². The molecule has 0 amide bonds. The summed E-state index contributed by atoms with van der Waals surface area (Å²) in [6.07, 6.45) is 9.82. The van der Waals surface area contributed by atoms with Gasteiger partial charge in [0.15, 0.2) is 0 Å². The van der Waals surface area contributed by atoms with Gasteiger partial charge in [0, 0.05) is 12.6 Å². The fourth-order valence-electron chi connectivity index (χ4n) is 2.41. The van der Waals surface area contributed by atoms with Gasteiger partial charge in [-0.2, -0.15) is 5.10 Å². The Hall–Kier alpha value is -0.990. The van der Waals surface area contributed by atoms with Crippen LogP contribution in [0.2, 0.25) is 0 Å². The summed E-state index contributed by atoms with van der Waals surface area (Å²) in [4.78, 5) is 0. The number of anilines is 1. The van der Waals surface area contributed by atoms with Crippen molar-refractivity contribution in [3.63, 3.8) is 0 Å². The molecule has 1 aliphatic carbocycles. The van der Waals surface area contributed by atoms with Crippen molar-refractivity contribution in [1.29, 1.82) is 0 Å². The Morgan fingerprint density at radius 3 is 2.88 bits per heavy atom. The van der Waals surface area contributed by atoms with Crippen molar-refractivity contribution >= 4 is 5.69 Å². The lowest BCUT2D eigenvalue weighted by molar-refractivity contribution is 0.559. The molecular formula is C13H23N3. The first-order valence-electron chi connectivity index (χ1n) is 6.60. The number of hydrogen-bond acceptors (Lipinski definition) is 2. The van der Waals surface area contributed by atoms with Crippen LogP contribution in [0, 0.1) is 6.92 Å². The lowest BCUT2D eigenvalue weighted by Gasteiger charge is -2.12. The van der Waals surface area contributed by atoms with Gasteiger partial charge in [0.1, 0.15) is 0 Å². The monoisotopic (exact) mass is 221 g/mol. The molecule has 1 aromatic heterocycles. The van der Waals surface area contributed by atoms with E-state index in [1.807, 2.05) is 6.20 Å². The minimum atomic E-state index is 0.683. The molecule has 16 heavy (non-hydrogen) atoms. The molecule has 0 radical (unpaired) electrons. The predicted octanol–water partition coefficient (Wildman–Crippen LogP) is 3.35. The summed E-state index contributed by atoms with van der Waals surface area (Å²) in [5.41, 5.74) is 2.53. The summed E-state index contributed by atoms with van der Waals surface area (Å²) < 4.78 is 2.13. The van der Waals surface area contributed by atoms with Gasteiger partial charge in [-0.15, -0.1) is 0 Å². The average Bonchev–Trinajstić information content (AvgIpc) is 2.89. The Bertz CT molecular complexity index is 324. The Morgan fingerprint density at radius 2 is 2.19 bits per heavy atom. The van der Waals surface area contributed by atoms with Gasteiger partial charge in [-0.25, -0.2) is 0 Å². The summed E-state index contributed by atoms with van der Waals surface area (Å²) >= 11 is 0. The normalized spacial score (nSPS) is 16.9. The molecule has 3 nitrogen and oxygen atoms in total. The van der Waals surface area contributed by atoms with E-state index in [0.717, 1.165) is 6.54 Å². The zero-order chi connectivity index (χ0) is 11.4. The van der Waals surface area contributed by atoms with E-state index in [2.05, 4.69) is 28.9 Å². The molecule has 1 saturated carbocycles. The Morgan fingerprint density at radius 1 is 1.44 bits per heavy atom. The van der Waals surface area contributed by atoms with Crippen LogP contribution in [0.1, 0.15) is 51.1 Å². The standard InChI is InChI=1S/C13H23N3/c1-3-4-9-16-11(2)13(10-14-16)15-12-7-5-6-8-12/h10,12,15H,3-9H2,1-2H3. The van der Waals surface area contributed by atoms with Crippen molar-refractivity contribution in [2.45, 2.75) is 65.0 Å². The maximum absolute atomic E-state index is 4.45. The number of nitrogens with one attached hydrogen (secondary N) is 1. The van der Waals surface area contributed by atoms with Gasteiger partial charge in [0.2, 0.25) is 0 Å². The Kier molecular flexibility index (Phi) is 3.86. The van der Waals surface area contributed by atoms with E-state index < -0.39 is 0 Å². The molecule has 1 aromatic rings. The molecule has 0 saturated heterocycles. The first-order chi connectivity index (χ1) is 7.81. The van der Waals surface area contributed by atoms with E-state index in [9.17, 15) is 0 Å². The maximum atomic E-state index is 4.45. The van der Waals surface area contributed by atoms with Crippen molar-refractivity contribution in [3.8, 4) is 0 Å². The van der Waals surface area contributed by atoms with E-state index in [1.165, 1.54) is 49.9 Å². The summed E-state index contributed by atoms with van der Waals surface area (Å²) in [5, 5.41) is 8.07. The molecule has 0 spiro atoms. The van der Waals surface area contributed by atoms with E-state index in [4.69, 9.17) is 0 Å². The van der Waals surface area contributed by atoms with Crippen LogP contribution in [0.4, 0.5) is 5.69 Å². The van der Waals surface area contributed by atoms with Crippen LogP contribution in [0.15, 0.2) is 6.20 Å². The van der Waals surface area contributed by atoms with Crippen molar-refractivity contribution < 1.29 is 0 Å². The summed E-state index contributed by atoms with van der Waals surface area (Å²) in [6.45, 7) is 5.44. The molecule has 0 atom stereocenters. The third-order valence-electron chi connectivity index (χ3n) is 3.54. The van der Waals surface area contributed by atoms with Crippen LogP contribution in [-0.4, -0.2) is 15.8 Å². The molecule has 1 fully saturated rings. The van der Waals surface area contributed by atoms with E-state index in [0.29, 0.717) is 6.04 Å². The number of aryl methyl sites for hydroxylation is 1.